The largest absolute Gasteiger partial charge is 0.344 e. The van der Waals surface area contributed by atoms with Crippen LogP contribution in [-0.4, -0.2) is 88.0 Å². The maximum atomic E-state index is 13.6. The summed E-state index contributed by atoms with van der Waals surface area (Å²) in [5.74, 6) is 1.73. The number of likely N-dealkylation sites (N-methyl/N-ethyl adjacent to an activating group) is 1. The number of amides is 3. The van der Waals surface area contributed by atoms with Gasteiger partial charge in [0.2, 0.25) is 17.7 Å². The van der Waals surface area contributed by atoms with Gasteiger partial charge >= 0.3 is 0 Å². The Kier molecular flexibility index (Phi) is 9.34. The Hall–Kier alpha value is -3.90. The van der Waals surface area contributed by atoms with Gasteiger partial charge in [-0.25, -0.2) is 19.2 Å². The van der Waals surface area contributed by atoms with Gasteiger partial charge in [-0.2, -0.15) is 15.2 Å². The fourth-order valence-electron chi connectivity index (χ4n) is 5.36. The van der Waals surface area contributed by atoms with Crippen LogP contribution in [0.3, 0.4) is 0 Å². The standard InChI is InChI=1S/C28H42N10O3/c1-17(2)15-23-26-32-21(6)34-37(26)14-13-36(12-8-9-24(39)35(7)20(5)27(41)33-23)25(40)11-10-22-18(3)31-28-29-16-30-38(28)19(22)4/h16-17,20,23H,8-15H2,1-7H3,(H,33,41)/t20-,23+/m0/s1. The van der Waals surface area contributed by atoms with E-state index in [4.69, 9.17) is 0 Å². The van der Waals surface area contributed by atoms with Gasteiger partial charge in [-0.3, -0.25) is 14.4 Å². The zero-order valence-corrected chi connectivity index (χ0v) is 25.2. The van der Waals surface area contributed by atoms with Crippen LogP contribution >= 0.6 is 0 Å². The molecule has 4 rings (SSSR count). The number of aromatic nitrogens is 7. The zero-order chi connectivity index (χ0) is 29.8. The summed E-state index contributed by atoms with van der Waals surface area (Å²) < 4.78 is 3.50. The van der Waals surface area contributed by atoms with Gasteiger partial charge in [0, 0.05) is 44.4 Å². The highest BCUT2D eigenvalue weighted by atomic mass is 16.2. The number of fused-ring (bicyclic) bond motifs is 2. The topological polar surface area (TPSA) is 144 Å². The SMILES string of the molecule is Cc1nc2n(n1)CCN(C(=O)CCc1c(C)nc3ncnn3c1C)CCCC(=O)N(C)[C@@H](C)C(=O)N[C@@H]2CC(C)C. The number of rotatable bonds is 5. The Morgan fingerprint density at radius 1 is 1.12 bits per heavy atom. The summed E-state index contributed by atoms with van der Waals surface area (Å²) in [6, 6.07) is -1.01. The van der Waals surface area contributed by atoms with Crippen molar-refractivity contribution in [2.24, 2.45) is 5.92 Å². The van der Waals surface area contributed by atoms with Gasteiger partial charge in [0.25, 0.3) is 5.78 Å². The third kappa shape index (κ3) is 6.88. The molecule has 0 spiro atoms. The Morgan fingerprint density at radius 2 is 1.88 bits per heavy atom. The fraction of sp³-hybridized carbons (Fsp3) is 0.643. The van der Waals surface area contributed by atoms with Gasteiger partial charge in [-0.15, -0.1) is 0 Å². The predicted octanol–water partition coefficient (Wildman–Crippen LogP) is 1.95. The van der Waals surface area contributed by atoms with Crippen molar-refractivity contribution in [2.75, 3.05) is 20.1 Å². The van der Waals surface area contributed by atoms with E-state index in [1.807, 2.05) is 30.4 Å². The first-order valence-electron chi connectivity index (χ1n) is 14.4. The Morgan fingerprint density at radius 3 is 2.61 bits per heavy atom. The fourth-order valence-corrected chi connectivity index (χ4v) is 5.36. The monoisotopic (exact) mass is 566 g/mol. The first-order chi connectivity index (χ1) is 19.5. The van der Waals surface area contributed by atoms with Crippen LogP contribution in [0.4, 0.5) is 0 Å². The Balaban J connectivity index is 1.58. The Bertz CT molecular complexity index is 1410. The van der Waals surface area contributed by atoms with Gasteiger partial charge < -0.3 is 15.1 Å². The number of hydrogen-bond acceptors (Lipinski definition) is 8. The molecule has 4 heterocycles. The number of aryl methyl sites for hydroxylation is 3. The van der Waals surface area contributed by atoms with Crippen molar-refractivity contribution in [3.05, 3.63) is 34.9 Å². The summed E-state index contributed by atoms with van der Waals surface area (Å²) in [5, 5.41) is 12.0. The summed E-state index contributed by atoms with van der Waals surface area (Å²) in [5.41, 5.74) is 2.73. The molecule has 0 radical (unpaired) electrons. The number of nitrogens with zero attached hydrogens (tertiary/aromatic N) is 9. The zero-order valence-electron chi connectivity index (χ0n) is 25.2. The van der Waals surface area contributed by atoms with E-state index in [9.17, 15) is 14.4 Å². The smallest absolute Gasteiger partial charge is 0.252 e. The third-order valence-corrected chi connectivity index (χ3v) is 7.83. The van der Waals surface area contributed by atoms with Gasteiger partial charge in [-0.1, -0.05) is 13.8 Å². The van der Waals surface area contributed by atoms with Gasteiger partial charge in [0.15, 0.2) is 0 Å². The molecular formula is C28H42N10O3. The van der Waals surface area contributed by atoms with Gasteiger partial charge in [0.05, 0.1) is 12.6 Å². The maximum absolute atomic E-state index is 13.6. The lowest BCUT2D eigenvalue weighted by atomic mass is 10.0. The van der Waals surface area contributed by atoms with E-state index < -0.39 is 6.04 Å². The van der Waals surface area contributed by atoms with E-state index in [1.54, 1.807) is 18.5 Å². The lowest BCUT2D eigenvalue weighted by Crippen LogP contribution is -2.47. The molecule has 3 aromatic rings. The van der Waals surface area contributed by atoms with Crippen LogP contribution in [0.2, 0.25) is 0 Å². The average Bonchev–Trinajstić information content (AvgIpc) is 3.54. The number of nitrogens with one attached hydrogen (secondary N) is 1. The van der Waals surface area contributed by atoms with Crippen LogP contribution < -0.4 is 5.32 Å². The molecule has 0 unspecified atom stereocenters. The maximum Gasteiger partial charge on any atom is 0.252 e. The van der Waals surface area contributed by atoms with Crippen molar-refractivity contribution in [3.63, 3.8) is 0 Å². The first kappa shape index (κ1) is 30.1. The second-order valence-electron chi connectivity index (χ2n) is 11.3. The molecule has 2 atom stereocenters. The van der Waals surface area contributed by atoms with E-state index in [0.717, 1.165) is 17.0 Å². The summed E-state index contributed by atoms with van der Waals surface area (Å²) in [6.45, 7) is 12.9. The van der Waals surface area contributed by atoms with E-state index in [-0.39, 0.29) is 36.1 Å². The lowest BCUT2D eigenvalue weighted by molar-refractivity contribution is -0.139. The average molecular weight is 567 g/mol. The molecule has 0 bridgehead atoms. The molecule has 41 heavy (non-hydrogen) atoms. The van der Waals surface area contributed by atoms with Crippen molar-refractivity contribution >= 4 is 23.5 Å². The summed E-state index contributed by atoms with van der Waals surface area (Å²) in [6.07, 6.45) is 3.69. The third-order valence-electron chi connectivity index (χ3n) is 7.83. The molecule has 0 aromatic carbocycles. The molecule has 13 nitrogen and oxygen atoms in total. The molecule has 0 fully saturated rings. The highest BCUT2D eigenvalue weighted by Crippen LogP contribution is 2.22. The molecule has 0 aliphatic carbocycles. The lowest BCUT2D eigenvalue weighted by Gasteiger charge is -2.29. The first-order valence-corrected chi connectivity index (χ1v) is 14.4. The van der Waals surface area contributed by atoms with Crippen LogP contribution in [-0.2, 0) is 27.3 Å². The van der Waals surface area contributed by atoms with Gasteiger partial charge in [0.1, 0.15) is 24.0 Å². The molecule has 1 aliphatic heterocycles. The molecule has 1 aliphatic rings. The van der Waals surface area contributed by atoms with Crippen LogP contribution in [0.25, 0.3) is 5.78 Å². The van der Waals surface area contributed by atoms with Crippen LogP contribution in [0.1, 0.15) is 81.1 Å². The molecule has 3 amide bonds. The second kappa shape index (κ2) is 12.7. The van der Waals surface area contributed by atoms with Crippen LogP contribution in [0.15, 0.2) is 6.33 Å². The molecule has 1 N–H and O–H groups in total. The minimum absolute atomic E-state index is 0.00539. The van der Waals surface area contributed by atoms with Crippen molar-refractivity contribution < 1.29 is 14.4 Å². The van der Waals surface area contributed by atoms with Crippen LogP contribution in [0, 0.1) is 26.7 Å². The summed E-state index contributed by atoms with van der Waals surface area (Å²) >= 11 is 0. The summed E-state index contributed by atoms with van der Waals surface area (Å²) in [7, 11) is 1.65. The second-order valence-corrected chi connectivity index (χ2v) is 11.3. The van der Waals surface area contributed by atoms with E-state index in [2.05, 4.69) is 44.3 Å². The number of carbonyl (C=O) groups excluding carboxylic acids is 3. The van der Waals surface area contributed by atoms with Crippen molar-refractivity contribution in [1.29, 1.82) is 0 Å². The molecule has 0 saturated heterocycles. The molecule has 13 heteroatoms. The molecular weight excluding hydrogens is 524 g/mol. The molecule has 222 valence electrons. The number of carbonyl (C=O) groups is 3. The quantitative estimate of drug-likeness (QED) is 0.494. The van der Waals surface area contributed by atoms with E-state index in [1.165, 1.54) is 11.2 Å². The normalized spacial score (nSPS) is 19.4. The van der Waals surface area contributed by atoms with Crippen molar-refractivity contribution in [3.8, 4) is 0 Å². The molecule has 3 aromatic heterocycles. The molecule has 0 saturated carbocycles. The Labute approximate surface area is 240 Å². The minimum atomic E-state index is -0.641. The van der Waals surface area contributed by atoms with Crippen molar-refractivity contribution in [2.45, 2.75) is 92.3 Å². The van der Waals surface area contributed by atoms with Crippen LogP contribution in [0.5, 0.6) is 0 Å². The highest BCUT2D eigenvalue weighted by Gasteiger charge is 2.29. The number of hydrogen-bond donors (Lipinski definition) is 1. The predicted molar refractivity (Wildman–Crippen MR) is 152 cm³/mol. The summed E-state index contributed by atoms with van der Waals surface area (Å²) in [4.78, 5) is 56.3. The highest BCUT2D eigenvalue weighted by molar-refractivity contribution is 5.87. The van der Waals surface area contributed by atoms with E-state index >= 15 is 0 Å². The minimum Gasteiger partial charge on any atom is -0.344 e. The van der Waals surface area contributed by atoms with Crippen molar-refractivity contribution in [1.82, 2.24) is 49.5 Å². The van der Waals surface area contributed by atoms with E-state index in [0.29, 0.717) is 62.7 Å². The van der Waals surface area contributed by atoms with Gasteiger partial charge in [-0.05, 0) is 58.4 Å².